The Hall–Kier alpha value is 1.02. The van der Waals surface area contributed by atoms with E-state index in [9.17, 15) is 0 Å². The first-order valence-corrected chi connectivity index (χ1v) is 7.25. The molecule has 1 aliphatic rings. The quantitative estimate of drug-likeness (QED) is 0.685. The summed E-state index contributed by atoms with van der Waals surface area (Å²) in [6.45, 7) is 6.70. The van der Waals surface area contributed by atoms with Crippen LogP contribution in [0.3, 0.4) is 0 Å². The predicted octanol–water partition coefficient (Wildman–Crippen LogP) is 4.72. The predicted molar refractivity (Wildman–Crippen MR) is 72.2 cm³/mol. The van der Waals surface area contributed by atoms with Crippen molar-refractivity contribution < 1.29 is 32.7 Å². The maximum Gasteiger partial charge on any atom is 0.0463 e. The van der Waals surface area contributed by atoms with Crippen LogP contribution in [0.15, 0.2) is 18.2 Å². The van der Waals surface area contributed by atoms with Gasteiger partial charge in [0, 0.05) is 37.3 Å². The van der Waals surface area contributed by atoms with Gasteiger partial charge >= 0.3 is 0 Å². The van der Waals surface area contributed by atoms with Crippen molar-refractivity contribution in [3.63, 3.8) is 0 Å². The Morgan fingerprint density at radius 3 is 2.69 bits per heavy atom. The van der Waals surface area contributed by atoms with Gasteiger partial charge in [-0.05, 0) is 30.2 Å². The molecule has 0 spiro atoms. The van der Waals surface area contributed by atoms with Crippen LogP contribution >= 0.6 is 23.5 Å². The van der Waals surface area contributed by atoms with Gasteiger partial charge in [-0.2, -0.15) is 6.42 Å². The first kappa shape index (κ1) is 15.1. The molecule has 0 nitrogen and oxygen atoms in total. The first-order valence-electron chi connectivity index (χ1n) is 5.36. The van der Waals surface area contributed by atoms with Gasteiger partial charge < -0.3 is 11.8 Å². The second-order valence-corrected chi connectivity index (χ2v) is 7.10. The fourth-order valence-electron chi connectivity index (χ4n) is 1.81. The van der Waals surface area contributed by atoms with Gasteiger partial charge in [0.2, 0.25) is 0 Å². The fourth-order valence-corrected chi connectivity index (χ4v) is 5.02. The van der Waals surface area contributed by atoms with Crippen molar-refractivity contribution in [2.45, 2.75) is 37.0 Å². The van der Waals surface area contributed by atoms with Gasteiger partial charge in [-0.25, -0.2) is 0 Å². The van der Waals surface area contributed by atoms with Gasteiger partial charge in [0.25, 0.3) is 0 Å². The number of rotatable bonds is 1. The molecule has 0 N–H and O–H groups in total. The molecule has 0 aromatic heterocycles. The maximum absolute atomic E-state index is 2.37. The van der Waals surface area contributed by atoms with E-state index < -0.39 is 0 Å². The summed E-state index contributed by atoms with van der Waals surface area (Å²) in [6, 6.07) is 6.81. The Morgan fingerprint density at radius 1 is 1.31 bits per heavy atom. The van der Waals surface area contributed by atoms with Gasteiger partial charge in [0.15, 0.2) is 0 Å². The van der Waals surface area contributed by atoms with Gasteiger partial charge in [-0.1, -0.05) is 30.7 Å². The molecule has 0 aliphatic carbocycles. The first-order chi connectivity index (χ1) is 7.16. The van der Waals surface area contributed by atoms with Gasteiger partial charge in [0.05, 0.1) is 0 Å². The standard InChI is InChI=1S/C13H17S2.Y/c1-9-4-5-12(10(2)8-9)13-14-7-6-11(3)15-13;/h4-5,7-8,11,13H,6H2,1-3H3;/q-1;. The molecular weight excluding hydrogens is 309 g/mol. The Bertz CT molecular complexity index is 352. The van der Waals surface area contributed by atoms with Crippen molar-refractivity contribution in [1.29, 1.82) is 0 Å². The number of hydrogen-bond acceptors (Lipinski definition) is 2. The van der Waals surface area contributed by atoms with E-state index >= 15 is 0 Å². The number of hydrogen-bond donors (Lipinski definition) is 0. The van der Waals surface area contributed by atoms with E-state index in [0.29, 0.717) is 4.58 Å². The second-order valence-electron chi connectivity index (χ2n) is 4.18. The normalized spacial score (nSPS) is 24.9. The third kappa shape index (κ3) is 3.76. The SMILES string of the molecule is Cc1ccc(C2S[CH-]CC(C)S2)c(C)c1.[Y]. The van der Waals surface area contributed by atoms with Crippen molar-refractivity contribution >= 4 is 23.5 Å². The van der Waals surface area contributed by atoms with Crippen molar-refractivity contribution in [1.82, 2.24) is 0 Å². The molecule has 3 heteroatoms. The van der Waals surface area contributed by atoms with Crippen molar-refractivity contribution in [3.05, 3.63) is 40.6 Å². The maximum atomic E-state index is 2.37. The molecule has 16 heavy (non-hydrogen) atoms. The van der Waals surface area contributed by atoms with Crippen LogP contribution in [0.4, 0.5) is 0 Å². The summed E-state index contributed by atoms with van der Waals surface area (Å²) in [5.74, 6) is 2.37. The molecule has 2 atom stereocenters. The average Bonchev–Trinajstić information content (AvgIpc) is 2.17. The Balaban J connectivity index is 0.00000128. The molecule has 1 radical (unpaired) electrons. The average molecular weight is 326 g/mol. The number of aryl methyl sites for hydroxylation is 2. The molecule has 1 aromatic carbocycles. The zero-order valence-electron chi connectivity index (χ0n) is 10.1. The van der Waals surface area contributed by atoms with Crippen LogP contribution in [-0.2, 0) is 32.7 Å². The molecule has 85 valence electrons. The molecule has 1 aliphatic heterocycles. The van der Waals surface area contributed by atoms with Crippen LogP contribution in [0.1, 0.15) is 34.6 Å². The van der Waals surface area contributed by atoms with Crippen LogP contribution in [0.5, 0.6) is 0 Å². The molecule has 0 amide bonds. The van der Waals surface area contributed by atoms with Gasteiger partial charge in [-0.3, -0.25) is 5.75 Å². The molecule has 1 saturated heterocycles. The van der Waals surface area contributed by atoms with E-state index in [1.54, 1.807) is 0 Å². The fraction of sp³-hybridized carbons (Fsp3) is 0.462. The summed E-state index contributed by atoms with van der Waals surface area (Å²) in [6.07, 6.45) is 1.23. The van der Waals surface area contributed by atoms with E-state index in [2.05, 4.69) is 56.5 Å². The van der Waals surface area contributed by atoms with Crippen LogP contribution in [0, 0.1) is 19.6 Å². The van der Waals surface area contributed by atoms with Gasteiger partial charge in [0.1, 0.15) is 0 Å². The zero-order valence-corrected chi connectivity index (χ0v) is 14.5. The molecule has 0 bridgehead atoms. The smallest absolute Gasteiger partial charge is 0.0463 e. The Kier molecular flexibility index (Phi) is 6.43. The number of thioether (sulfide) groups is 2. The van der Waals surface area contributed by atoms with E-state index in [4.69, 9.17) is 0 Å². The molecule has 1 heterocycles. The van der Waals surface area contributed by atoms with E-state index in [1.807, 2.05) is 11.8 Å². The summed E-state index contributed by atoms with van der Waals surface area (Å²) < 4.78 is 0.606. The molecule has 2 unspecified atom stereocenters. The minimum absolute atomic E-state index is 0. The zero-order chi connectivity index (χ0) is 10.8. The Labute approximate surface area is 133 Å². The summed E-state index contributed by atoms with van der Waals surface area (Å²) in [7, 11) is 0. The third-order valence-electron chi connectivity index (χ3n) is 2.68. The summed E-state index contributed by atoms with van der Waals surface area (Å²) in [4.78, 5) is 0. The second kappa shape index (κ2) is 6.82. The Morgan fingerprint density at radius 2 is 2.06 bits per heavy atom. The molecule has 1 aromatic rings. The monoisotopic (exact) mass is 326 g/mol. The van der Waals surface area contributed by atoms with Crippen LogP contribution in [0.25, 0.3) is 0 Å². The summed E-state index contributed by atoms with van der Waals surface area (Å²) >= 11 is 4.07. The minimum Gasteiger partial charge on any atom is -0.333 e. The topological polar surface area (TPSA) is 0 Å². The van der Waals surface area contributed by atoms with Crippen LogP contribution in [0.2, 0.25) is 0 Å². The van der Waals surface area contributed by atoms with Crippen molar-refractivity contribution in [3.8, 4) is 0 Å². The molecule has 0 saturated carbocycles. The largest absolute Gasteiger partial charge is 0.333 e. The summed E-state index contributed by atoms with van der Waals surface area (Å²) in [5, 5.41) is 0.761. The molecule has 1 fully saturated rings. The van der Waals surface area contributed by atoms with Crippen molar-refractivity contribution in [2.75, 3.05) is 0 Å². The minimum atomic E-state index is 0. The van der Waals surface area contributed by atoms with Crippen LogP contribution < -0.4 is 0 Å². The van der Waals surface area contributed by atoms with Gasteiger partial charge in [-0.15, -0.1) is 11.8 Å². The molecular formula is C13H17S2Y-. The van der Waals surface area contributed by atoms with E-state index in [1.165, 1.54) is 23.1 Å². The van der Waals surface area contributed by atoms with E-state index in [0.717, 1.165) is 5.25 Å². The summed E-state index contributed by atoms with van der Waals surface area (Å²) in [5.41, 5.74) is 4.29. The van der Waals surface area contributed by atoms with E-state index in [-0.39, 0.29) is 32.7 Å². The number of benzene rings is 1. The molecule has 2 rings (SSSR count). The van der Waals surface area contributed by atoms with Crippen LogP contribution in [-0.4, -0.2) is 5.25 Å². The third-order valence-corrected chi connectivity index (χ3v) is 5.39. The van der Waals surface area contributed by atoms with Crippen molar-refractivity contribution in [2.24, 2.45) is 0 Å².